The minimum atomic E-state index is -0.341. The number of hydrogen-bond donors (Lipinski definition) is 5. The first-order chi connectivity index (χ1) is 23.5. The molecule has 50 heavy (non-hydrogen) atoms. The Balaban J connectivity index is 0.00000392. The van der Waals surface area contributed by atoms with E-state index in [-0.39, 0.29) is 90.3 Å². The van der Waals surface area contributed by atoms with Gasteiger partial charge in [0.15, 0.2) is 28.8 Å². The minimum absolute atomic E-state index is 0. The Labute approximate surface area is 297 Å². The molecule has 5 N–H and O–H groups in total. The van der Waals surface area contributed by atoms with E-state index >= 15 is 0 Å². The number of nitrogens with one attached hydrogen (secondary N) is 2. The van der Waals surface area contributed by atoms with Gasteiger partial charge < -0.3 is 44.6 Å². The summed E-state index contributed by atoms with van der Waals surface area (Å²) >= 11 is 6.48. The van der Waals surface area contributed by atoms with Gasteiger partial charge in [0.05, 0.1) is 36.8 Å². The van der Waals surface area contributed by atoms with Gasteiger partial charge >= 0.3 is 0 Å². The third-order valence-corrected chi connectivity index (χ3v) is 10.3. The lowest BCUT2D eigenvalue weighted by atomic mass is 9.93. The first-order valence-electron chi connectivity index (χ1n) is 15.7. The van der Waals surface area contributed by atoms with Gasteiger partial charge in [0, 0.05) is 77.8 Å². The summed E-state index contributed by atoms with van der Waals surface area (Å²) in [6.07, 6.45) is 2.31. The van der Waals surface area contributed by atoms with Crippen molar-refractivity contribution in [2.24, 2.45) is 0 Å². The van der Waals surface area contributed by atoms with Gasteiger partial charge in [-0.1, -0.05) is 0 Å². The number of aromatic hydroxyl groups is 3. The van der Waals surface area contributed by atoms with E-state index in [0.717, 1.165) is 16.7 Å². The van der Waals surface area contributed by atoms with Crippen molar-refractivity contribution in [2.75, 3.05) is 43.0 Å². The highest BCUT2D eigenvalue weighted by molar-refractivity contribution is 7.59. The Bertz CT molecular complexity index is 2340. The topological polar surface area (TPSA) is 168 Å². The molecule has 0 spiro atoms. The maximum Gasteiger partial charge on any atom is 0.274 e. The second-order valence-electron chi connectivity index (χ2n) is 12.6. The number of nitrogens with zero attached hydrogens (tertiary/aromatic N) is 2. The number of anilines is 2. The van der Waals surface area contributed by atoms with Gasteiger partial charge in [-0.15, -0.1) is 11.6 Å². The molecule has 0 fully saturated rings. The summed E-state index contributed by atoms with van der Waals surface area (Å²) in [5.74, 6) is -0.820. The van der Waals surface area contributed by atoms with Gasteiger partial charge in [0.1, 0.15) is 11.4 Å². The molecule has 2 amide bonds. The first kappa shape index (κ1) is 33.2. The van der Waals surface area contributed by atoms with Crippen LogP contribution in [0.15, 0.2) is 35.9 Å². The molecule has 1 atom stereocenters. The first-order valence-corrected chi connectivity index (χ1v) is 16.2. The summed E-state index contributed by atoms with van der Waals surface area (Å²) in [4.78, 5) is 49.5. The van der Waals surface area contributed by atoms with Crippen molar-refractivity contribution in [1.29, 1.82) is 0 Å². The molecule has 4 heterocycles. The Hall–Kier alpha value is -5.27. The molecule has 1 unspecified atom stereocenters. The number of rotatable bonds is 6. The maximum absolute atomic E-state index is 14.2. The Morgan fingerprint density at radius 2 is 1.72 bits per heavy atom. The number of phenols is 3. The van der Waals surface area contributed by atoms with E-state index in [2.05, 4.69) is 9.97 Å². The van der Waals surface area contributed by atoms with Crippen LogP contribution >= 0.6 is 25.1 Å². The number of hydrogen-bond acceptors (Lipinski definition) is 8. The zero-order valence-corrected chi connectivity index (χ0v) is 29.0. The van der Waals surface area contributed by atoms with Gasteiger partial charge in [0.25, 0.3) is 11.8 Å². The van der Waals surface area contributed by atoms with E-state index in [4.69, 9.17) is 21.1 Å². The predicted octanol–water partition coefficient (Wildman–Crippen LogP) is 5.61. The summed E-state index contributed by atoms with van der Waals surface area (Å²) < 4.78 is 10.7. The highest BCUT2D eigenvalue weighted by Gasteiger charge is 2.41. The van der Waals surface area contributed by atoms with Crippen LogP contribution in [0, 0.1) is 0 Å². The van der Waals surface area contributed by atoms with Crippen molar-refractivity contribution < 1.29 is 39.2 Å². The molecule has 8 rings (SSSR count). The lowest BCUT2D eigenvalue weighted by Crippen LogP contribution is -2.30. The monoisotopic (exact) mass is 716 g/mol. The number of methoxy groups -OCH3 is 2. The van der Waals surface area contributed by atoms with E-state index in [1.807, 2.05) is 0 Å². The minimum Gasteiger partial charge on any atom is -0.507 e. The molecular formula is C36H33ClN4O8S. The Morgan fingerprint density at radius 3 is 2.42 bits per heavy atom. The van der Waals surface area contributed by atoms with Crippen LogP contribution in [-0.2, 0) is 17.6 Å². The average Bonchev–Trinajstić information content (AvgIpc) is 3.91. The second kappa shape index (κ2) is 12.0. The van der Waals surface area contributed by atoms with Crippen molar-refractivity contribution in [3.05, 3.63) is 69.5 Å². The SMILES string of the molecule is COc1cc2[nH]c(C(=O)N3CC(CCl)c4c3cc(O)c3c4CC(C(=O)N4CCc5c4c(O)c(OC)c4[nH]c(C(C)=O)cc54)=C3)cc2cc1O.S. The molecule has 0 saturated carbocycles. The molecule has 0 bridgehead atoms. The third kappa shape index (κ3) is 4.71. The number of carbonyl (C=O) groups excluding carboxylic acids is 3. The molecule has 2 aromatic heterocycles. The lowest BCUT2D eigenvalue weighted by molar-refractivity contribution is -0.115. The van der Waals surface area contributed by atoms with Crippen LogP contribution in [0.3, 0.4) is 0 Å². The van der Waals surface area contributed by atoms with Crippen LogP contribution < -0.4 is 19.3 Å². The number of fused-ring (bicyclic) bond motifs is 7. The molecule has 258 valence electrons. The standard InChI is InChI=1S/C36H31ClN4O8.H2S/c1-15(42)23-10-22-19-4-5-40(32(19)33(45)34(49-3)31(22)39-23)35(46)17-6-20-21(7-17)30-18(13-37)14-41(26(30)12-27(20)43)36(47)25-8-16-9-28(44)29(48-2)11-24(16)38-25;/h6,8-12,18,38-39,43-45H,4-5,7,13-14H2,1-3H3;1H2. The number of ether oxygens (including phenoxy) is 2. The smallest absolute Gasteiger partial charge is 0.274 e. The molecule has 0 radical (unpaired) electrons. The fourth-order valence-electron chi connectivity index (χ4n) is 7.64. The molecule has 0 saturated heterocycles. The van der Waals surface area contributed by atoms with Crippen molar-refractivity contribution in [2.45, 2.75) is 25.7 Å². The largest absolute Gasteiger partial charge is 0.507 e. The van der Waals surface area contributed by atoms with E-state index < -0.39 is 0 Å². The van der Waals surface area contributed by atoms with Crippen molar-refractivity contribution >= 4 is 82.0 Å². The van der Waals surface area contributed by atoms with Crippen molar-refractivity contribution in [1.82, 2.24) is 9.97 Å². The number of Topliss-reactive ketones (excluding diaryl/α,β-unsaturated/α-hetero) is 1. The number of aromatic nitrogens is 2. The molecule has 14 heteroatoms. The van der Waals surface area contributed by atoms with Gasteiger partial charge in [0.2, 0.25) is 0 Å². The predicted molar refractivity (Wildman–Crippen MR) is 194 cm³/mol. The van der Waals surface area contributed by atoms with Gasteiger partial charge in [-0.05, 0) is 47.4 Å². The Kier molecular flexibility index (Phi) is 7.95. The van der Waals surface area contributed by atoms with Crippen molar-refractivity contribution in [3.63, 3.8) is 0 Å². The highest BCUT2D eigenvalue weighted by Crippen LogP contribution is 2.51. The van der Waals surface area contributed by atoms with E-state index in [0.29, 0.717) is 63.0 Å². The molecule has 2 aliphatic heterocycles. The second-order valence-corrected chi connectivity index (χ2v) is 12.9. The van der Waals surface area contributed by atoms with Crippen LogP contribution in [0.4, 0.5) is 11.4 Å². The third-order valence-electron chi connectivity index (χ3n) is 9.90. The van der Waals surface area contributed by atoms with Crippen LogP contribution in [0.5, 0.6) is 28.7 Å². The van der Waals surface area contributed by atoms with Gasteiger partial charge in [-0.3, -0.25) is 14.4 Å². The molecule has 5 aromatic rings. The Morgan fingerprint density at radius 1 is 0.940 bits per heavy atom. The maximum atomic E-state index is 14.2. The number of phenolic OH excluding ortho intramolecular Hbond substituents is 3. The van der Waals surface area contributed by atoms with E-state index in [9.17, 15) is 29.7 Å². The fraction of sp³-hybridized carbons (Fsp3) is 0.250. The zero-order chi connectivity index (χ0) is 34.5. The summed E-state index contributed by atoms with van der Waals surface area (Å²) in [6.45, 7) is 2.01. The van der Waals surface area contributed by atoms with E-state index in [1.165, 1.54) is 38.2 Å². The lowest BCUT2D eigenvalue weighted by Gasteiger charge is -2.21. The summed E-state index contributed by atoms with van der Waals surface area (Å²) in [7, 11) is 2.86. The number of aromatic amines is 2. The summed E-state index contributed by atoms with van der Waals surface area (Å²) in [6, 6.07) is 8.04. The summed E-state index contributed by atoms with van der Waals surface area (Å²) in [5.41, 5.74) is 5.74. The summed E-state index contributed by atoms with van der Waals surface area (Å²) in [5, 5.41) is 34.1. The fourth-order valence-corrected chi connectivity index (χ4v) is 7.89. The molecule has 12 nitrogen and oxygen atoms in total. The number of alkyl halides is 1. The van der Waals surface area contributed by atoms with E-state index in [1.54, 1.807) is 29.2 Å². The molecular weight excluding hydrogens is 684 g/mol. The zero-order valence-electron chi connectivity index (χ0n) is 27.2. The number of benzene rings is 3. The quantitative estimate of drug-likeness (QED) is 0.112. The van der Waals surface area contributed by atoms with Gasteiger partial charge in [-0.25, -0.2) is 0 Å². The number of amides is 2. The number of ketones is 1. The van der Waals surface area contributed by atoms with Crippen LogP contribution in [0.1, 0.15) is 56.1 Å². The average molecular weight is 717 g/mol. The normalized spacial score (nSPS) is 15.9. The van der Waals surface area contributed by atoms with Gasteiger partial charge in [-0.2, -0.15) is 13.5 Å². The van der Waals surface area contributed by atoms with Crippen LogP contribution in [0.2, 0.25) is 0 Å². The number of halogens is 1. The molecule has 3 aliphatic rings. The van der Waals surface area contributed by atoms with Crippen molar-refractivity contribution in [3.8, 4) is 28.7 Å². The van der Waals surface area contributed by atoms with Crippen LogP contribution in [-0.4, -0.2) is 76.1 Å². The number of carbonyl (C=O) groups is 3. The molecule has 1 aliphatic carbocycles. The molecule has 3 aromatic carbocycles. The number of H-pyrrole nitrogens is 2. The highest BCUT2D eigenvalue weighted by atomic mass is 35.5. The van der Waals surface area contributed by atoms with Crippen LogP contribution in [0.25, 0.3) is 27.9 Å².